The fraction of sp³-hybridized carbons (Fsp3) is 0.471. The smallest absolute Gasteiger partial charge is 0.302 e. The number of carbonyl (C=O) groups excluding carboxylic acids is 3. The highest BCUT2D eigenvalue weighted by atomic mass is 16.5. The Morgan fingerprint density at radius 2 is 2.10 bits per heavy atom. The van der Waals surface area contributed by atoms with E-state index in [9.17, 15) is 14.4 Å². The molecule has 1 saturated carbocycles. The summed E-state index contributed by atoms with van der Waals surface area (Å²) in [4.78, 5) is 35.0. The molecule has 0 aliphatic heterocycles. The van der Waals surface area contributed by atoms with Crippen molar-refractivity contribution in [1.82, 2.24) is 0 Å². The Labute approximate surface area is 123 Å². The third-order valence-corrected chi connectivity index (χ3v) is 4.61. The summed E-state index contributed by atoms with van der Waals surface area (Å²) in [6, 6.07) is 0. The standard InChI is InChI=1S/C17H18O4/c1-10(18)21-7-3-2-4-12-9-13-8-11-5-6-14(19)15(11)16(13)17(12)20/h2-3,5-6,9,11,13,15-16H,4,7-8H2,1H3/b3-2+. The van der Waals surface area contributed by atoms with Crippen LogP contribution in [0.1, 0.15) is 19.8 Å². The van der Waals surface area contributed by atoms with Gasteiger partial charge in [0.15, 0.2) is 11.6 Å². The number of ketones is 2. The van der Waals surface area contributed by atoms with Crippen LogP contribution < -0.4 is 0 Å². The second-order valence-corrected chi connectivity index (χ2v) is 5.91. The van der Waals surface area contributed by atoms with E-state index in [1.807, 2.05) is 18.2 Å². The molecule has 0 amide bonds. The zero-order valence-corrected chi connectivity index (χ0v) is 12.0. The molecule has 1 fully saturated rings. The van der Waals surface area contributed by atoms with Gasteiger partial charge in [0.25, 0.3) is 0 Å². The molecule has 4 unspecified atom stereocenters. The molecular weight excluding hydrogens is 268 g/mol. The van der Waals surface area contributed by atoms with E-state index in [1.165, 1.54) is 6.92 Å². The Bertz CT molecular complexity index is 582. The van der Waals surface area contributed by atoms with E-state index in [-0.39, 0.29) is 47.8 Å². The first-order chi connectivity index (χ1) is 10.1. The zero-order chi connectivity index (χ0) is 15.0. The Morgan fingerprint density at radius 1 is 1.29 bits per heavy atom. The van der Waals surface area contributed by atoms with Crippen molar-refractivity contribution in [2.24, 2.45) is 23.7 Å². The van der Waals surface area contributed by atoms with Crippen molar-refractivity contribution >= 4 is 17.5 Å². The lowest BCUT2D eigenvalue weighted by Gasteiger charge is -2.15. The van der Waals surface area contributed by atoms with Crippen LogP contribution in [0.4, 0.5) is 0 Å². The molecule has 4 nitrogen and oxygen atoms in total. The Balaban J connectivity index is 1.60. The van der Waals surface area contributed by atoms with Gasteiger partial charge in [0.1, 0.15) is 6.61 Å². The molecule has 0 aromatic carbocycles. The monoisotopic (exact) mass is 286 g/mol. The maximum atomic E-state index is 12.5. The molecule has 0 N–H and O–H groups in total. The van der Waals surface area contributed by atoms with Gasteiger partial charge in [-0.3, -0.25) is 14.4 Å². The maximum Gasteiger partial charge on any atom is 0.302 e. The molecule has 0 bridgehead atoms. The van der Waals surface area contributed by atoms with Gasteiger partial charge in [-0.25, -0.2) is 0 Å². The third-order valence-electron chi connectivity index (χ3n) is 4.61. The van der Waals surface area contributed by atoms with Crippen molar-refractivity contribution in [3.63, 3.8) is 0 Å². The van der Waals surface area contributed by atoms with E-state index < -0.39 is 0 Å². The molecular formula is C17H18O4. The van der Waals surface area contributed by atoms with Crippen LogP contribution in [0.5, 0.6) is 0 Å². The van der Waals surface area contributed by atoms with Crippen molar-refractivity contribution < 1.29 is 19.1 Å². The van der Waals surface area contributed by atoms with Crippen LogP contribution in [0.15, 0.2) is 36.0 Å². The summed E-state index contributed by atoms with van der Waals surface area (Å²) < 4.78 is 4.80. The van der Waals surface area contributed by atoms with E-state index in [4.69, 9.17) is 4.74 Å². The molecule has 3 aliphatic rings. The second-order valence-electron chi connectivity index (χ2n) is 5.91. The summed E-state index contributed by atoms with van der Waals surface area (Å²) in [6.07, 6.45) is 10.7. The molecule has 0 heterocycles. The van der Waals surface area contributed by atoms with Crippen molar-refractivity contribution in [2.45, 2.75) is 19.8 Å². The average Bonchev–Trinajstić information content (AvgIpc) is 3.03. The molecule has 21 heavy (non-hydrogen) atoms. The largest absolute Gasteiger partial charge is 0.462 e. The molecule has 3 rings (SSSR count). The van der Waals surface area contributed by atoms with E-state index in [0.717, 1.165) is 12.0 Å². The van der Waals surface area contributed by atoms with Gasteiger partial charge in [-0.1, -0.05) is 24.3 Å². The number of esters is 1. The van der Waals surface area contributed by atoms with Gasteiger partial charge >= 0.3 is 5.97 Å². The van der Waals surface area contributed by atoms with Crippen molar-refractivity contribution in [3.05, 3.63) is 36.0 Å². The summed E-state index contributed by atoms with van der Waals surface area (Å²) >= 11 is 0. The molecule has 0 radical (unpaired) electrons. The number of allylic oxidation sites excluding steroid dienone is 5. The van der Waals surface area contributed by atoms with Crippen LogP contribution in [0.25, 0.3) is 0 Å². The fourth-order valence-electron chi connectivity index (χ4n) is 3.75. The van der Waals surface area contributed by atoms with Gasteiger partial charge in [-0.15, -0.1) is 0 Å². The van der Waals surface area contributed by atoms with Crippen LogP contribution >= 0.6 is 0 Å². The number of hydrogen-bond donors (Lipinski definition) is 0. The number of ether oxygens (including phenoxy) is 1. The summed E-state index contributed by atoms with van der Waals surface area (Å²) in [5.74, 6) is 0.133. The summed E-state index contributed by atoms with van der Waals surface area (Å²) in [5.41, 5.74) is 0.794. The van der Waals surface area contributed by atoms with Gasteiger partial charge in [0.2, 0.25) is 0 Å². The van der Waals surface area contributed by atoms with Crippen LogP contribution in [-0.2, 0) is 19.1 Å². The third kappa shape index (κ3) is 2.50. The maximum absolute atomic E-state index is 12.5. The number of carbonyl (C=O) groups is 3. The lowest BCUT2D eigenvalue weighted by Crippen LogP contribution is -2.25. The highest BCUT2D eigenvalue weighted by Crippen LogP contribution is 2.51. The minimum absolute atomic E-state index is 0.112. The summed E-state index contributed by atoms with van der Waals surface area (Å²) in [7, 11) is 0. The van der Waals surface area contributed by atoms with Gasteiger partial charge in [0.05, 0.1) is 0 Å². The SMILES string of the molecule is CC(=O)OC/C=C/CC1=CC2CC3C=CC(=O)C3C2C1=O. The minimum atomic E-state index is -0.316. The minimum Gasteiger partial charge on any atom is -0.462 e. The van der Waals surface area contributed by atoms with E-state index in [1.54, 1.807) is 12.2 Å². The summed E-state index contributed by atoms with van der Waals surface area (Å²) in [6.45, 7) is 1.60. The molecule has 4 heteroatoms. The Morgan fingerprint density at radius 3 is 2.86 bits per heavy atom. The first kappa shape index (κ1) is 14.0. The van der Waals surface area contributed by atoms with Gasteiger partial charge in [-0.05, 0) is 36.3 Å². The molecule has 4 atom stereocenters. The van der Waals surface area contributed by atoms with Crippen molar-refractivity contribution in [3.8, 4) is 0 Å². The van der Waals surface area contributed by atoms with Gasteiger partial charge in [0, 0.05) is 18.8 Å². The van der Waals surface area contributed by atoms with E-state index >= 15 is 0 Å². The average molecular weight is 286 g/mol. The van der Waals surface area contributed by atoms with Crippen LogP contribution in [0, 0.1) is 23.7 Å². The number of rotatable bonds is 4. The molecule has 0 saturated heterocycles. The van der Waals surface area contributed by atoms with Crippen LogP contribution in [-0.4, -0.2) is 24.1 Å². The Hall–Kier alpha value is -1.97. The topological polar surface area (TPSA) is 60.4 Å². The molecule has 0 spiro atoms. The predicted octanol–water partition coefficient (Wildman–Crippen LogP) is 2.01. The molecule has 0 aromatic rings. The molecule has 0 aromatic heterocycles. The normalized spacial score (nSPS) is 33.5. The van der Waals surface area contributed by atoms with E-state index in [0.29, 0.717) is 6.42 Å². The van der Waals surface area contributed by atoms with Gasteiger partial charge < -0.3 is 4.74 Å². The molecule has 3 aliphatic carbocycles. The number of Topliss-reactive ketones (excluding diaryl/α,β-unsaturated/α-hetero) is 1. The van der Waals surface area contributed by atoms with Crippen molar-refractivity contribution in [2.75, 3.05) is 6.61 Å². The Kier molecular flexibility index (Phi) is 3.62. The lowest BCUT2D eigenvalue weighted by atomic mass is 9.85. The first-order valence-electron chi connectivity index (χ1n) is 7.33. The molecule has 110 valence electrons. The number of fused-ring (bicyclic) bond motifs is 3. The highest BCUT2D eigenvalue weighted by molar-refractivity contribution is 6.06. The highest BCUT2D eigenvalue weighted by Gasteiger charge is 2.52. The van der Waals surface area contributed by atoms with Crippen LogP contribution in [0.2, 0.25) is 0 Å². The summed E-state index contributed by atoms with van der Waals surface area (Å²) in [5, 5.41) is 0. The van der Waals surface area contributed by atoms with Crippen molar-refractivity contribution in [1.29, 1.82) is 0 Å². The lowest BCUT2D eigenvalue weighted by molar-refractivity contribution is -0.139. The second kappa shape index (κ2) is 5.43. The quantitative estimate of drug-likeness (QED) is 0.586. The predicted molar refractivity (Wildman–Crippen MR) is 76.2 cm³/mol. The fourth-order valence-corrected chi connectivity index (χ4v) is 3.75. The zero-order valence-electron chi connectivity index (χ0n) is 12.0. The number of hydrogen-bond acceptors (Lipinski definition) is 4. The van der Waals surface area contributed by atoms with Gasteiger partial charge in [-0.2, -0.15) is 0 Å². The first-order valence-corrected chi connectivity index (χ1v) is 7.33. The van der Waals surface area contributed by atoms with Crippen LogP contribution in [0.3, 0.4) is 0 Å². The van der Waals surface area contributed by atoms with E-state index in [2.05, 4.69) is 0 Å².